The number of aromatic nitrogens is 3. The molecule has 2 heterocycles. The molecule has 0 spiro atoms. The van der Waals surface area contributed by atoms with Gasteiger partial charge in [-0.05, 0) is 44.7 Å². The van der Waals surface area contributed by atoms with Crippen molar-refractivity contribution in [2.75, 3.05) is 11.1 Å². The molecule has 1 fully saturated rings. The van der Waals surface area contributed by atoms with Crippen LogP contribution < -0.4 is 16.8 Å². The summed E-state index contributed by atoms with van der Waals surface area (Å²) in [5.41, 5.74) is 17.0. The summed E-state index contributed by atoms with van der Waals surface area (Å²) < 4.78 is 1.79. The normalized spacial score (nSPS) is 20.7. The van der Waals surface area contributed by atoms with E-state index < -0.39 is 0 Å². The largest absolute Gasteiger partial charge is 0.382 e. The molecule has 4 rings (SSSR count). The van der Waals surface area contributed by atoms with Crippen molar-refractivity contribution < 1.29 is 0 Å². The zero-order chi connectivity index (χ0) is 17.4. The third-order valence-corrected chi connectivity index (χ3v) is 4.98. The molecule has 0 aliphatic heterocycles. The maximum atomic E-state index is 6.03. The SMILES string of the molecule is Cc1ccc(Nc2cc(N)nn3cc([C@H]4CC[C@@H](N)CC4)nc23)cc1. The molecule has 0 unspecified atom stereocenters. The van der Waals surface area contributed by atoms with Gasteiger partial charge in [-0.2, -0.15) is 0 Å². The van der Waals surface area contributed by atoms with E-state index in [2.05, 4.69) is 41.6 Å². The van der Waals surface area contributed by atoms with Crippen molar-refractivity contribution in [3.63, 3.8) is 0 Å². The molecule has 3 aromatic rings. The zero-order valence-electron chi connectivity index (χ0n) is 14.4. The topological polar surface area (TPSA) is 94.3 Å². The first kappa shape index (κ1) is 15.9. The second-order valence-electron chi connectivity index (χ2n) is 7.02. The van der Waals surface area contributed by atoms with E-state index >= 15 is 0 Å². The van der Waals surface area contributed by atoms with Gasteiger partial charge in [0.15, 0.2) is 5.65 Å². The van der Waals surface area contributed by atoms with Gasteiger partial charge in [0.25, 0.3) is 0 Å². The number of nitrogens with zero attached hydrogens (tertiary/aromatic N) is 3. The Hall–Kier alpha value is -2.60. The van der Waals surface area contributed by atoms with Gasteiger partial charge >= 0.3 is 0 Å². The Kier molecular flexibility index (Phi) is 4.05. The lowest BCUT2D eigenvalue weighted by molar-refractivity contribution is 0.391. The second kappa shape index (κ2) is 6.37. The van der Waals surface area contributed by atoms with E-state index in [1.807, 2.05) is 12.3 Å². The van der Waals surface area contributed by atoms with Crippen LogP contribution >= 0.6 is 0 Å². The predicted molar refractivity (Wildman–Crippen MR) is 101 cm³/mol. The van der Waals surface area contributed by atoms with Crippen molar-refractivity contribution in [2.45, 2.75) is 44.6 Å². The molecule has 1 saturated carbocycles. The predicted octanol–water partition coefficient (Wildman–Crippen LogP) is 3.35. The van der Waals surface area contributed by atoms with Crippen molar-refractivity contribution in [2.24, 2.45) is 5.73 Å². The molecular weight excluding hydrogens is 312 g/mol. The van der Waals surface area contributed by atoms with E-state index in [1.165, 1.54) is 5.56 Å². The first-order valence-corrected chi connectivity index (χ1v) is 8.83. The lowest BCUT2D eigenvalue weighted by Crippen LogP contribution is -2.25. The van der Waals surface area contributed by atoms with Crippen molar-refractivity contribution in [1.29, 1.82) is 0 Å². The molecule has 25 heavy (non-hydrogen) atoms. The first-order valence-electron chi connectivity index (χ1n) is 8.83. The van der Waals surface area contributed by atoms with Crippen molar-refractivity contribution >= 4 is 22.8 Å². The minimum Gasteiger partial charge on any atom is -0.382 e. The number of hydrogen-bond acceptors (Lipinski definition) is 5. The number of nitrogen functional groups attached to an aromatic ring is 1. The van der Waals surface area contributed by atoms with E-state index in [4.69, 9.17) is 16.5 Å². The molecule has 6 nitrogen and oxygen atoms in total. The van der Waals surface area contributed by atoms with E-state index in [0.717, 1.165) is 48.4 Å². The molecule has 0 amide bonds. The number of anilines is 3. The van der Waals surface area contributed by atoms with Crippen LogP contribution in [0.25, 0.3) is 5.65 Å². The molecule has 2 aromatic heterocycles. The standard InChI is InChI=1S/C19H24N6/c1-12-2-8-15(9-3-12)22-16-10-18(21)24-25-11-17(23-19(16)25)13-4-6-14(20)7-5-13/h2-3,8-11,13-14,22H,4-7,20H2,1H3,(H2,21,24)/t13-,14+. The molecule has 1 aliphatic carbocycles. The summed E-state index contributed by atoms with van der Waals surface area (Å²) in [7, 11) is 0. The highest BCUT2D eigenvalue weighted by atomic mass is 15.3. The average Bonchev–Trinajstić information content (AvgIpc) is 3.01. The number of benzene rings is 1. The first-order chi connectivity index (χ1) is 12.1. The van der Waals surface area contributed by atoms with Crippen LogP contribution in [0.3, 0.4) is 0 Å². The smallest absolute Gasteiger partial charge is 0.177 e. The fourth-order valence-corrected chi connectivity index (χ4v) is 3.51. The zero-order valence-corrected chi connectivity index (χ0v) is 14.4. The number of hydrogen-bond donors (Lipinski definition) is 3. The van der Waals surface area contributed by atoms with Gasteiger partial charge in [-0.1, -0.05) is 17.7 Å². The molecule has 6 heteroatoms. The Morgan fingerprint density at radius 1 is 1.12 bits per heavy atom. The molecule has 5 N–H and O–H groups in total. The third-order valence-electron chi connectivity index (χ3n) is 4.98. The van der Waals surface area contributed by atoms with E-state index in [-0.39, 0.29) is 0 Å². The Bertz CT molecular complexity index is 875. The summed E-state index contributed by atoms with van der Waals surface area (Å²) in [5, 5.41) is 7.80. The van der Waals surface area contributed by atoms with Gasteiger partial charge in [0, 0.05) is 23.7 Å². The number of fused-ring (bicyclic) bond motifs is 1. The maximum Gasteiger partial charge on any atom is 0.177 e. The molecule has 0 atom stereocenters. The van der Waals surface area contributed by atoms with Crippen LogP contribution in [-0.4, -0.2) is 20.6 Å². The highest BCUT2D eigenvalue weighted by molar-refractivity contribution is 5.75. The summed E-state index contributed by atoms with van der Waals surface area (Å²) in [6.07, 6.45) is 6.29. The molecule has 1 aromatic carbocycles. The highest BCUT2D eigenvalue weighted by Gasteiger charge is 2.23. The maximum absolute atomic E-state index is 6.03. The summed E-state index contributed by atoms with van der Waals surface area (Å²) in [4.78, 5) is 4.86. The number of aryl methyl sites for hydroxylation is 1. The van der Waals surface area contributed by atoms with Gasteiger partial charge < -0.3 is 16.8 Å². The number of nitrogens with two attached hydrogens (primary N) is 2. The van der Waals surface area contributed by atoms with Crippen LogP contribution in [0.4, 0.5) is 17.2 Å². The minimum absolute atomic E-state index is 0.334. The highest BCUT2D eigenvalue weighted by Crippen LogP contribution is 2.33. The summed E-state index contributed by atoms with van der Waals surface area (Å²) in [6, 6.07) is 10.4. The number of imidazole rings is 1. The van der Waals surface area contributed by atoms with Crippen LogP contribution in [0.5, 0.6) is 0 Å². The summed E-state index contributed by atoms with van der Waals surface area (Å²) >= 11 is 0. The Morgan fingerprint density at radius 3 is 2.56 bits per heavy atom. The van der Waals surface area contributed by atoms with Crippen molar-refractivity contribution in [1.82, 2.24) is 14.6 Å². The number of nitrogens with one attached hydrogen (secondary N) is 1. The van der Waals surface area contributed by atoms with E-state index in [1.54, 1.807) is 4.52 Å². The van der Waals surface area contributed by atoms with Gasteiger partial charge in [0.2, 0.25) is 0 Å². The molecule has 0 saturated heterocycles. The van der Waals surface area contributed by atoms with Gasteiger partial charge in [0.1, 0.15) is 5.82 Å². The molecule has 130 valence electrons. The minimum atomic E-state index is 0.334. The second-order valence-corrected chi connectivity index (χ2v) is 7.02. The van der Waals surface area contributed by atoms with Crippen LogP contribution in [0.15, 0.2) is 36.5 Å². The molecule has 1 aliphatic rings. The van der Waals surface area contributed by atoms with Gasteiger partial charge in [0.05, 0.1) is 17.6 Å². The third kappa shape index (κ3) is 3.30. The van der Waals surface area contributed by atoms with Gasteiger partial charge in [-0.3, -0.25) is 0 Å². The van der Waals surface area contributed by atoms with E-state index in [9.17, 15) is 0 Å². The van der Waals surface area contributed by atoms with Gasteiger partial charge in [-0.25, -0.2) is 9.50 Å². The molecular formula is C19H24N6. The quantitative estimate of drug-likeness (QED) is 0.682. The average molecular weight is 336 g/mol. The number of rotatable bonds is 3. The van der Waals surface area contributed by atoms with Crippen LogP contribution in [0.2, 0.25) is 0 Å². The van der Waals surface area contributed by atoms with Crippen molar-refractivity contribution in [3.8, 4) is 0 Å². The Morgan fingerprint density at radius 2 is 1.84 bits per heavy atom. The summed E-state index contributed by atoms with van der Waals surface area (Å²) in [6.45, 7) is 2.07. The Labute approximate surface area is 147 Å². The van der Waals surface area contributed by atoms with E-state index in [0.29, 0.717) is 17.8 Å². The lowest BCUT2D eigenvalue weighted by atomic mass is 9.85. The van der Waals surface area contributed by atoms with Crippen molar-refractivity contribution in [3.05, 3.63) is 47.8 Å². The molecule has 0 bridgehead atoms. The Balaban J connectivity index is 1.68. The van der Waals surface area contributed by atoms with Crippen LogP contribution in [-0.2, 0) is 0 Å². The van der Waals surface area contributed by atoms with Crippen LogP contribution in [0.1, 0.15) is 42.9 Å². The fourth-order valence-electron chi connectivity index (χ4n) is 3.51. The fraction of sp³-hybridized carbons (Fsp3) is 0.368. The monoisotopic (exact) mass is 336 g/mol. The molecule has 0 radical (unpaired) electrons. The lowest BCUT2D eigenvalue weighted by Gasteiger charge is -2.24. The summed E-state index contributed by atoms with van der Waals surface area (Å²) in [5.74, 6) is 0.923. The van der Waals surface area contributed by atoms with Crippen LogP contribution in [0, 0.1) is 6.92 Å². The van der Waals surface area contributed by atoms with Gasteiger partial charge in [-0.15, -0.1) is 5.10 Å².